The molecule has 0 spiro atoms. The molecule has 1 aromatic heterocycles. The summed E-state index contributed by atoms with van der Waals surface area (Å²) in [4.78, 5) is 29.0. The Morgan fingerprint density at radius 3 is 2.51 bits per heavy atom. The Balaban J connectivity index is 1.63. The van der Waals surface area contributed by atoms with E-state index in [0.717, 1.165) is 17.5 Å². The van der Waals surface area contributed by atoms with Crippen molar-refractivity contribution in [1.82, 2.24) is 14.8 Å². The number of nitrogens with one attached hydrogen (secondary N) is 1. The van der Waals surface area contributed by atoms with Crippen molar-refractivity contribution in [1.29, 1.82) is 0 Å². The molecule has 37 heavy (non-hydrogen) atoms. The molecule has 1 unspecified atom stereocenters. The molecule has 0 bridgehead atoms. The van der Waals surface area contributed by atoms with E-state index in [2.05, 4.69) is 17.1 Å². The third kappa shape index (κ3) is 6.92. The van der Waals surface area contributed by atoms with E-state index in [4.69, 9.17) is 9.47 Å². The van der Waals surface area contributed by atoms with Gasteiger partial charge in [0.25, 0.3) is 5.56 Å². The minimum Gasteiger partial charge on any atom is -0.497 e. The zero-order valence-electron chi connectivity index (χ0n) is 22.5. The van der Waals surface area contributed by atoms with Gasteiger partial charge in [0.2, 0.25) is 5.91 Å². The fraction of sp³-hybridized carbons (Fsp3) is 0.467. The number of piperidine rings is 1. The zero-order chi connectivity index (χ0) is 26.4. The highest BCUT2D eigenvalue weighted by atomic mass is 16.5. The molecule has 7 nitrogen and oxygen atoms in total. The van der Waals surface area contributed by atoms with Crippen molar-refractivity contribution < 1.29 is 14.3 Å². The maximum absolute atomic E-state index is 13.7. The van der Waals surface area contributed by atoms with Gasteiger partial charge in [0, 0.05) is 24.1 Å². The van der Waals surface area contributed by atoms with Crippen molar-refractivity contribution in [3.8, 4) is 22.8 Å². The van der Waals surface area contributed by atoms with Gasteiger partial charge in [-0.15, -0.1) is 0 Å². The van der Waals surface area contributed by atoms with Crippen LogP contribution in [0.25, 0.3) is 22.0 Å². The molecule has 1 aliphatic rings. The van der Waals surface area contributed by atoms with Crippen molar-refractivity contribution in [3.05, 3.63) is 58.9 Å². The lowest BCUT2D eigenvalue weighted by Crippen LogP contribution is -2.36. The predicted octanol–water partition coefficient (Wildman–Crippen LogP) is 4.70. The second-order valence-electron chi connectivity index (χ2n) is 10.4. The Morgan fingerprint density at radius 1 is 1.00 bits per heavy atom. The fourth-order valence-corrected chi connectivity index (χ4v) is 4.98. The van der Waals surface area contributed by atoms with Crippen molar-refractivity contribution in [2.24, 2.45) is 5.92 Å². The number of benzene rings is 2. The van der Waals surface area contributed by atoms with Gasteiger partial charge in [0.1, 0.15) is 18.0 Å². The zero-order valence-corrected chi connectivity index (χ0v) is 22.5. The highest BCUT2D eigenvalue weighted by Crippen LogP contribution is 2.27. The number of hydrogen-bond acceptors (Lipinski definition) is 5. The second kappa shape index (κ2) is 12.3. The molecular weight excluding hydrogens is 466 g/mol. The molecular formula is C30H39N3O4. The summed E-state index contributed by atoms with van der Waals surface area (Å²) >= 11 is 0. The number of methoxy groups -OCH3 is 1. The first-order valence-corrected chi connectivity index (χ1v) is 13.3. The van der Waals surface area contributed by atoms with Crippen LogP contribution in [-0.2, 0) is 11.3 Å². The van der Waals surface area contributed by atoms with E-state index in [1.165, 1.54) is 36.9 Å². The first-order chi connectivity index (χ1) is 17.8. The van der Waals surface area contributed by atoms with Gasteiger partial charge in [-0.3, -0.25) is 14.2 Å². The summed E-state index contributed by atoms with van der Waals surface area (Å²) in [6.45, 7) is 9.89. The minimum atomic E-state index is -0.221. The Morgan fingerprint density at radius 2 is 1.78 bits per heavy atom. The van der Waals surface area contributed by atoms with Gasteiger partial charge in [-0.2, -0.15) is 0 Å². The summed E-state index contributed by atoms with van der Waals surface area (Å²) in [6, 6.07) is 15.1. The summed E-state index contributed by atoms with van der Waals surface area (Å²) in [6.07, 6.45) is 3.88. The van der Waals surface area contributed by atoms with Crippen LogP contribution in [0.5, 0.6) is 11.5 Å². The van der Waals surface area contributed by atoms with Crippen LogP contribution < -0.4 is 20.3 Å². The number of nitrogens with zero attached hydrogens (tertiary/aromatic N) is 2. The third-order valence-corrected chi connectivity index (χ3v) is 6.75. The van der Waals surface area contributed by atoms with Gasteiger partial charge in [0.05, 0.1) is 24.8 Å². The molecule has 1 atom stereocenters. The monoisotopic (exact) mass is 505 g/mol. The lowest BCUT2D eigenvalue weighted by molar-refractivity contribution is -0.122. The molecule has 2 heterocycles. The van der Waals surface area contributed by atoms with E-state index in [9.17, 15) is 9.59 Å². The normalized spacial score (nSPS) is 15.1. The highest BCUT2D eigenvalue weighted by molar-refractivity contribution is 5.87. The molecule has 1 amide bonds. The van der Waals surface area contributed by atoms with Crippen LogP contribution in [0.4, 0.5) is 0 Å². The van der Waals surface area contributed by atoms with Crippen LogP contribution in [0.15, 0.2) is 53.3 Å². The van der Waals surface area contributed by atoms with Crippen molar-refractivity contribution in [3.63, 3.8) is 0 Å². The van der Waals surface area contributed by atoms with Crippen LogP contribution in [0.1, 0.15) is 40.0 Å². The Kier molecular flexibility index (Phi) is 8.87. The van der Waals surface area contributed by atoms with Crippen LogP contribution in [-0.4, -0.2) is 54.8 Å². The maximum atomic E-state index is 13.7. The van der Waals surface area contributed by atoms with E-state index in [1.54, 1.807) is 13.2 Å². The lowest BCUT2D eigenvalue weighted by Gasteiger charge is -2.29. The smallest absolute Gasteiger partial charge is 0.259 e. The second-order valence-corrected chi connectivity index (χ2v) is 10.4. The molecule has 2 aromatic carbocycles. The average Bonchev–Trinajstić information content (AvgIpc) is 2.89. The van der Waals surface area contributed by atoms with Crippen LogP contribution in [0.2, 0.25) is 0 Å². The molecule has 7 heteroatoms. The molecule has 3 aromatic rings. The summed E-state index contributed by atoms with van der Waals surface area (Å²) in [5.74, 6) is 1.54. The molecule has 1 fully saturated rings. The lowest BCUT2D eigenvalue weighted by atomic mass is 10.1. The van der Waals surface area contributed by atoms with E-state index in [1.807, 2.05) is 56.3 Å². The minimum absolute atomic E-state index is 0.0177. The van der Waals surface area contributed by atoms with Crippen molar-refractivity contribution in [2.45, 2.75) is 52.6 Å². The summed E-state index contributed by atoms with van der Waals surface area (Å²) in [5.41, 5.74) is 1.25. The summed E-state index contributed by atoms with van der Waals surface area (Å²) in [5, 5.41) is 4.23. The molecule has 0 aliphatic carbocycles. The van der Waals surface area contributed by atoms with E-state index in [0.29, 0.717) is 35.1 Å². The fourth-order valence-electron chi connectivity index (χ4n) is 4.98. The molecule has 1 N–H and O–H groups in total. The third-order valence-electron chi connectivity index (χ3n) is 6.75. The number of hydrogen-bond donors (Lipinski definition) is 1. The first-order valence-electron chi connectivity index (χ1n) is 13.3. The Hall–Kier alpha value is -3.32. The molecule has 1 saturated heterocycles. The molecule has 0 saturated carbocycles. The number of fused-ring (bicyclic) bond motifs is 1. The van der Waals surface area contributed by atoms with E-state index < -0.39 is 0 Å². The maximum Gasteiger partial charge on any atom is 0.259 e. The number of pyridine rings is 1. The SMILES string of the molecule is COc1cccc(-c2cc3ccc(OCC(C)CN4CCCCC4)cc3c(=O)n2CC(=O)NC(C)C)c1. The number of aromatic nitrogens is 1. The first kappa shape index (κ1) is 26.7. The van der Waals surface area contributed by atoms with Crippen LogP contribution >= 0.6 is 0 Å². The van der Waals surface area contributed by atoms with Gasteiger partial charge < -0.3 is 19.7 Å². The number of amides is 1. The summed E-state index contributed by atoms with van der Waals surface area (Å²) in [7, 11) is 1.61. The van der Waals surface area contributed by atoms with Crippen molar-refractivity contribution in [2.75, 3.05) is 33.4 Å². The highest BCUT2D eigenvalue weighted by Gasteiger charge is 2.17. The van der Waals surface area contributed by atoms with Gasteiger partial charge >= 0.3 is 0 Å². The molecule has 198 valence electrons. The molecule has 4 rings (SSSR count). The number of carbonyl (C=O) groups excluding carboxylic acids is 1. The number of likely N-dealkylation sites (tertiary alicyclic amines) is 1. The number of rotatable bonds is 10. The molecule has 0 radical (unpaired) electrons. The van der Waals surface area contributed by atoms with Gasteiger partial charge in [-0.1, -0.05) is 31.5 Å². The van der Waals surface area contributed by atoms with Gasteiger partial charge in [-0.25, -0.2) is 0 Å². The quantitative estimate of drug-likeness (QED) is 0.432. The van der Waals surface area contributed by atoms with Crippen LogP contribution in [0, 0.1) is 5.92 Å². The molecule has 1 aliphatic heterocycles. The van der Waals surface area contributed by atoms with Gasteiger partial charge in [-0.05, 0) is 75.5 Å². The number of ether oxygens (including phenoxy) is 2. The van der Waals surface area contributed by atoms with E-state index >= 15 is 0 Å². The Labute approximate surface area is 219 Å². The number of carbonyl (C=O) groups is 1. The van der Waals surface area contributed by atoms with Crippen LogP contribution in [0.3, 0.4) is 0 Å². The largest absolute Gasteiger partial charge is 0.497 e. The summed E-state index contributed by atoms with van der Waals surface area (Å²) < 4.78 is 13.1. The Bertz CT molecular complexity index is 1280. The standard InChI is InChI=1S/C30H39N3O4/c1-21(2)31-29(34)19-33-28(24-9-8-10-25(15-24)36-4)16-23-11-12-26(17-27(23)30(33)35)37-20-22(3)18-32-13-6-5-7-14-32/h8-12,15-17,21-22H,5-7,13-14,18-20H2,1-4H3,(H,31,34). The predicted molar refractivity (Wildman–Crippen MR) is 148 cm³/mol. The average molecular weight is 506 g/mol. The van der Waals surface area contributed by atoms with Gasteiger partial charge in [0.15, 0.2) is 0 Å². The van der Waals surface area contributed by atoms with E-state index in [-0.39, 0.29) is 24.1 Å². The topological polar surface area (TPSA) is 72.8 Å². The van der Waals surface area contributed by atoms with Crippen molar-refractivity contribution >= 4 is 16.7 Å².